The van der Waals surface area contributed by atoms with Gasteiger partial charge in [0, 0.05) is 25.9 Å². The molecule has 0 aromatic heterocycles. The summed E-state index contributed by atoms with van der Waals surface area (Å²) in [5.74, 6) is -2.62. The molecule has 1 atom stereocenters. The summed E-state index contributed by atoms with van der Waals surface area (Å²) in [6, 6.07) is 5.15. The van der Waals surface area contributed by atoms with Crippen LogP contribution in [0.4, 0.5) is 0 Å². The molecule has 1 rings (SSSR count). The zero-order valence-corrected chi connectivity index (χ0v) is 29.6. The number of hydrogen-bond acceptors (Lipinski definition) is 11. The fraction of sp³-hybridized carbons (Fsp3) is 0.657. The Morgan fingerprint density at radius 3 is 1.75 bits per heavy atom. The van der Waals surface area contributed by atoms with Gasteiger partial charge in [-0.15, -0.1) is 0 Å². The second-order valence-electron chi connectivity index (χ2n) is 11.6. The molecule has 1 unspecified atom stereocenters. The molecule has 0 fully saturated rings. The molecule has 51 heavy (non-hydrogen) atoms. The minimum absolute atomic E-state index is 0.0390. The van der Waals surface area contributed by atoms with Gasteiger partial charge < -0.3 is 49.8 Å². The minimum atomic E-state index is -1.20. The van der Waals surface area contributed by atoms with E-state index in [-0.39, 0.29) is 87.9 Å². The van der Waals surface area contributed by atoms with E-state index < -0.39 is 18.0 Å². The van der Waals surface area contributed by atoms with Gasteiger partial charge in [-0.1, -0.05) is 32.1 Å². The average Bonchev–Trinajstić information content (AvgIpc) is 3.09. The van der Waals surface area contributed by atoms with Crippen LogP contribution in [0, 0.1) is 0 Å². The lowest BCUT2D eigenvalue weighted by molar-refractivity contribution is -0.142. The summed E-state index contributed by atoms with van der Waals surface area (Å²) < 4.78 is 26.5. The number of benzene rings is 1. The molecule has 0 aliphatic carbocycles. The lowest BCUT2D eigenvalue weighted by Gasteiger charge is -2.14. The minimum Gasteiger partial charge on any atom is -0.494 e. The zero-order valence-electron chi connectivity index (χ0n) is 29.6. The van der Waals surface area contributed by atoms with Gasteiger partial charge >= 0.3 is 11.9 Å². The third-order valence-electron chi connectivity index (χ3n) is 7.13. The van der Waals surface area contributed by atoms with Crippen molar-refractivity contribution < 1.29 is 62.7 Å². The number of aliphatic carboxylic acids is 1. The Morgan fingerprint density at radius 1 is 0.608 bits per heavy atom. The average molecular weight is 726 g/mol. The number of ketones is 1. The van der Waals surface area contributed by atoms with Gasteiger partial charge in [0.25, 0.3) is 0 Å². The second-order valence-corrected chi connectivity index (χ2v) is 11.6. The summed E-state index contributed by atoms with van der Waals surface area (Å²) in [6.45, 7) is 3.93. The van der Waals surface area contributed by atoms with E-state index in [0.717, 1.165) is 38.5 Å². The summed E-state index contributed by atoms with van der Waals surface area (Å²) in [4.78, 5) is 69.3. The zero-order chi connectivity index (χ0) is 37.5. The highest BCUT2D eigenvalue weighted by Gasteiger charge is 2.20. The van der Waals surface area contributed by atoms with E-state index in [2.05, 4.69) is 16.0 Å². The Kier molecular flexibility index (Phi) is 26.1. The highest BCUT2D eigenvalue weighted by Crippen LogP contribution is 2.14. The third kappa shape index (κ3) is 26.4. The normalized spacial score (nSPS) is 11.4. The second kappa shape index (κ2) is 29.6. The van der Waals surface area contributed by atoms with Crippen molar-refractivity contribution in [3.05, 3.63) is 29.8 Å². The molecule has 0 spiro atoms. The molecule has 0 heterocycles. The van der Waals surface area contributed by atoms with Crippen LogP contribution in [0.1, 0.15) is 81.5 Å². The van der Waals surface area contributed by atoms with Crippen molar-refractivity contribution in [2.24, 2.45) is 0 Å². The number of ether oxygens (including phenoxy) is 5. The Hall–Kier alpha value is -4.12. The quantitative estimate of drug-likeness (QED) is 0.0656. The van der Waals surface area contributed by atoms with E-state index in [0.29, 0.717) is 45.1 Å². The van der Waals surface area contributed by atoms with Gasteiger partial charge in [0.15, 0.2) is 5.78 Å². The molecule has 1 aromatic rings. The summed E-state index contributed by atoms with van der Waals surface area (Å²) in [7, 11) is 0. The van der Waals surface area contributed by atoms with Crippen LogP contribution in [-0.4, -0.2) is 124 Å². The highest BCUT2D eigenvalue weighted by atomic mass is 16.5. The smallest absolute Gasteiger partial charge is 0.335 e. The monoisotopic (exact) mass is 725 g/mol. The molecule has 16 nitrogen and oxygen atoms in total. The first-order valence-electron chi connectivity index (χ1n) is 17.4. The SMILES string of the molecule is CC(=O)COCCOCCNC(=O)COCCOCCNC(=O)CCC(NC(=O)CCCCCCCCCOc1ccc(C(=O)O)cc1)C(=O)O. The van der Waals surface area contributed by atoms with Gasteiger partial charge in [-0.05, 0) is 50.5 Å². The first-order chi connectivity index (χ1) is 24.6. The van der Waals surface area contributed by atoms with Gasteiger partial charge in [0.05, 0.1) is 51.8 Å². The van der Waals surface area contributed by atoms with E-state index in [1.54, 1.807) is 12.1 Å². The number of carbonyl (C=O) groups excluding carboxylic acids is 4. The molecule has 16 heteroatoms. The van der Waals surface area contributed by atoms with Crippen LogP contribution < -0.4 is 20.7 Å². The number of rotatable bonds is 33. The maximum absolute atomic E-state index is 12.3. The Morgan fingerprint density at radius 2 is 1.16 bits per heavy atom. The number of Topliss-reactive ketones (excluding diaryl/α,β-unsaturated/α-hetero) is 1. The molecule has 0 saturated carbocycles. The van der Waals surface area contributed by atoms with E-state index in [4.69, 9.17) is 28.8 Å². The molecule has 0 radical (unpaired) electrons. The van der Waals surface area contributed by atoms with Gasteiger partial charge in [-0.2, -0.15) is 0 Å². The molecule has 1 aromatic carbocycles. The van der Waals surface area contributed by atoms with Crippen LogP contribution in [0.2, 0.25) is 0 Å². The predicted molar refractivity (Wildman–Crippen MR) is 185 cm³/mol. The summed E-state index contributed by atoms with van der Waals surface area (Å²) >= 11 is 0. The standard InChI is InChI=1S/C35H55N3O13/c1-27(39)25-49-23-21-48-20-17-37-33(42)26-50-24-22-47-19-16-36-31(40)15-14-30(35(45)46)38-32(41)9-7-5-3-2-4-6-8-18-51-29-12-10-28(11-13-29)34(43)44/h10-13,30H,2-9,14-26H2,1H3,(H,36,40)(H,37,42)(H,38,41)(H,43,44)(H,45,46). The first-order valence-corrected chi connectivity index (χ1v) is 17.4. The Bertz CT molecular complexity index is 1160. The third-order valence-corrected chi connectivity index (χ3v) is 7.13. The molecular formula is C35H55N3O13. The Balaban J connectivity index is 1.97. The number of carboxylic acids is 2. The number of aromatic carboxylic acids is 1. The van der Waals surface area contributed by atoms with Crippen molar-refractivity contribution in [3.63, 3.8) is 0 Å². The number of amides is 3. The topological polar surface area (TPSA) is 225 Å². The van der Waals surface area contributed by atoms with Crippen molar-refractivity contribution in [1.82, 2.24) is 16.0 Å². The van der Waals surface area contributed by atoms with Crippen molar-refractivity contribution in [2.75, 3.05) is 72.6 Å². The Labute approximate surface area is 299 Å². The van der Waals surface area contributed by atoms with Gasteiger partial charge in [-0.25, -0.2) is 9.59 Å². The van der Waals surface area contributed by atoms with Crippen LogP contribution >= 0.6 is 0 Å². The lowest BCUT2D eigenvalue weighted by atomic mass is 10.1. The van der Waals surface area contributed by atoms with E-state index in [1.807, 2.05) is 0 Å². The predicted octanol–water partition coefficient (Wildman–Crippen LogP) is 2.12. The molecular weight excluding hydrogens is 670 g/mol. The van der Waals surface area contributed by atoms with Crippen LogP contribution in [0.15, 0.2) is 24.3 Å². The van der Waals surface area contributed by atoms with Gasteiger partial charge in [-0.3, -0.25) is 19.2 Å². The molecule has 288 valence electrons. The van der Waals surface area contributed by atoms with Crippen LogP contribution in [0.3, 0.4) is 0 Å². The maximum atomic E-state index is 12.3. The number of unbranched alkanes of at least 4 members (excludes halogenated alkanes) is 6. The molecule has 0 aliphatic rings. The first kappa shape index (κ1) is 44.9. The van der Waals surface area contributed by atoms with E-state index in [1.165, 1.54) is 19.1 Å². The lowest BCUT2D eigenvalue weighted by Crippen LogP contribution is -2.41. The van der Waals surface area contributed by atoms with Crippen LogP contribution in [0.25, 0.3) is 0 Å². The fourth-order valence-corrected chi connectivity index (χ4v) is 4.44. The maximum Gasteiger partial charge on any atom is 0.335 e. The molecule has 0 aliphatic heterocycles. The number of nitrogens with one attached hydrogen (secondary N) is 3. The van der Waals surface area contributed by atoms with Gasteiger partial charge in [0.2, 0.25) is 17.7 Å². The van der Waals surface area contributed by atoms with Crippen LogP contribution in [0.5, 0.6) is 5.75 Å². The van der Waals surface area contributed by atoms with Crippen molar-refractivity contribution in [2.45, 2.75) is 77.2 Å². The fourth-order valence-electron chi connectivity index (χ4n) is 4.44. The number of hydrogen-bond donors (Lipinski definition) is 5. The molecule has 3 amide bonds. The number of carbonyl (C=O) groups is 6. The largest absolute Gasteiger partial charge is 0.494 e. The summed E-state index contributed by atoms with van der Waals surface area (Å²) in [5.41, 5.74) is 0.217. The number of carboxylic acid groups (broad SMARTS) is 2. The molecule has 5 N–H and O–H groups in total. The van der Waals surface area contributed by atoms with Crippen LogP contribution in [-0.2, 0) is 42.9 Å². The van der Waals surface area contributed by atoms with E-state index >= 15 is 0 Å². The molecule has 0 saturated heterocycles. The van der Waals surface area contributed by atoms with Gasteiger partial charge in [0.1, 0.15) is 25.0 Å². The molecule has 0 bridgehead atoms. The summed E-state index contributed by atoms with van der Waals surface area (Å²) in [6.07, 6.45) is 6.47. The van der Waals surface area contributed by atoms with Crippen molar-refractivity contribution in [1.29, 1.82) is 0 Å². The summed E-state index contributed by atoms with van der Waals surface area (Å²) in [5, 5.41) is 26.2. The van der Waals surface area contributed by atoms with E-state index in [9.17, 15) is 33.9 Å². The van der Waals surface area contributed by atoms with Crippen molar-refractivity contribution >= 4 is 35.4 Å². The highest BCUT2D eigenvalue weighted by molar-refractivity contribution is 5.87. The van der Waals surface area contributed by atoms with Crippen molar-refractivity contribution in [3.8, 4) is 5.75 Å².